The number of benzene rings is 2. The Balaban J connectivity index is 1.12. The van der Waals surface area contributed by atoms with Crippen molar-refractivity contribution in [1.29, 1.82) is 0 Å². The number of carbonyl (C=O) groups is 4. The standard InChI is InChI=1S/C47H59N7O8S2/c1-28(2)54-36-20-14-18-33(40-48-35(27-63-40)30-16-13-15-29(3)23-30)38(36)50-43(54)61-32-24-37-39(55)51-47(42(57)52-64(59,60)46(7)21-22-46)25-31(47)17-11-9-8-10-12-19-34(41(56)53(37)26-32)49-44(58)62-45(4,5)6/h11,13-18,20,23,27-28,31-32,34,37H,8-10,12,19,21-22,24-26H2,1-7H3,(H,49,58)(H,51,55)(H,52,57)/t31-,32-,34+,37+,47-/m1/s1. The zero-order valence-corrected chi connectivity index (χ0v) is 39.2. The number of hydrogen-bond donors (Lipinski definition) is 3. The van der Waals surface area contributed by atoms with Crippen molar-refractivity contribution in [3.63, 3.8) is 0 Å². The van der Waals surface area contributed by atoms with E-state index in [0.717, 1.165) is 45.8 Å². The first kappa shape index (κ1) is 45.3. The molecular weight excluding hydrogens is 855 g/mol. The topological polar surface area (TPSA) is 191 Å². The molecule has 5 atom stereocenters. The van der Waals surface area contributed by atoms with Crippen molar-refractivity contribution in [1.82, 2.24) is 34.8 Å². The lowest BCUT2D eigenvalue weighted by Crippen LogP contribution is -2.58. The van der Waals surface area contributed by atoms with Gasteiger partial charge in [0.25, 0.3) is 11.9 Å². The SMILES string of the molecule is Cc1cccc(-c2csc(-c3cccc4c3nc(O[C@@H]3C[C@H]5C(=O)N[C@]6(C(=O)NS(=O)(=O)C7(C)CC7)C[C@H]6C=CCCCCC[C@H](NC(=O)OC(C)(C)C)C(=O)N5C3)n4C(C)C)n2)c1. The molecule has 2 aliphatic carbocycles. The molecule has 15 nitrogen and oxygen atoms in total. The molecule has 4 heterocycles. The van der Waals surface area contributed by atoms with Gasteiger partial charge in [0.2, 0.25) is 21.8 Å². The molecule has 4 aliphatic rings. The van der Waals surface area contributed by atoms with Crippen molar-refractivity contribution in [2.75, 3.05) is 6.54 Å². The molecule has 8 rings (SSSR count). The summed E-state index contributed by atoms with van der Waals surface area (Å²) < 4.78 is 42.1. The largest absolute Gasteiger partial charge is 0.459 e. The Hall–Kier alpha value is -5.29. The molecule has 4 aromatic rings. The van der Waals surface area contributed by atoms with Gasteiger partial charge in [0.15, 0.2) is 0 Å². The molecule has 3 N–H and O–H groups in total. The Morgan fingerprint density at radius 3 is 2.53 bits per heavy atom. The van der Waals surface area contributed by atoms with Crippen LogP contribution in [0.25, 0.3) is 32.9 Å². The fraction of sp³-hybridized carbons (Fsp3) is 0.532. The van der Waals surface area contributed by atoms with Gasteiger partial charge in [-0.25, -0.2) is 18.2 Å². The van der Waals surface area contributed by atoms with Gasteiger partial charge in [-0.05, 0) is 105 Å². The smallest absolute Gasteiger partial charge is 0.408 e. The highest BCUT2D eigenvalue weighted by Crippen LogP contribution is 2.48. The van der Waals surface area contributed by atoms with Gasteiger partial charge in [0.1, 0.15) is 39.9 Å². The van der Waals surface area contributed by atoms with E-state index >= 15 is 0 Å². The minimum Gasteiger partial charge on any atom is -0.459 e. The second-order valence-corrected chi connectivity index (χ2v) is 22.4. The quantitative estimate of drug-likeness (QED) is 0.143. The second kappa shape index (κ2) is 17.3. The normalized spacial score (nSPS) is 24.8. The van der Waals surface area contributed by atoms with Crippen LogP contribution < -0.4 is 20.1 Å². The van der Waals surface area contributed by atoms with Crippen LogP contribution in [0.2, 0.25) is 0 Å². The molecule has 2 aliphatic heterocycles. The lowest BCUT2D eigenvalue weighted by Gasteiger charge is -2.30. The van der Waals surface area contributed by atoms with Gasteiger partial charge in [-0.2, -0.15) is 4.98 Å². The summed E-state index contributed by atoms with van der Waals surface area (Å²) in [6.45, 7) is 12.9. The number of sulfonamides is 1. The number of rotatable bonds is 9. The highest BCUT2D eigenvalue weighted by Gasteiger charge is 2.63. The highest BCUT2D eigenvalue weighted by atomic mass is 32.2. The molecule has 0 unspecified atom stereocenters. The summed E-state index contributed by atoms with van der Waals surface area (Å²) in [6.07, 6.45) is 6.58. The summed E-state index contributed by atoms with van der Waals surface area (Å²) in [7, 11) is -4.01. The van der Waals surface area contributed by atoms with Crippen LogP contribution in [0.5, 0.6) is 6.01 Å². The average Bonchev–Trinajstić information content (AvgIpc) is 3.89. The molecule has 64 heavy (non-hydrogen) atoms. The lowest BCUT2D eigenvalue weighted by molar-refractivity contribution is -0.141. The fourth-order valence-electron chi connectivity index (χ4n) is 8.73. The number of allylic oxidation sites excluding steroid dienone is 1. The number of aryl methyl sites for hydroxylation is 1. The third kappa shape index (κ3) is 9.28. The van der Waals surface area contributed by atoms with E-state index in [1.165, 1.54) is 16.2 Å². The van der Waals surface area contributed by atoms with Gasteiger partial charge in [-0.3, -0.25) is 23.7 Å². The van der Waals surface area contributed by atoms with Crippen LogP contribution in [0, 0.1) is 12.8 Å². The first-order chi connectivity index (χ1) is 30.3. The maximum absolute atomic E-state index is 14.8. The summed E-state index contributed by atoms with van der Waals surface area (Å²) in [4.78, 5) is 68.2. The molecule has 2 saturated carbocycles. The van der Waals surface area contributed by atoms with Gasteiger partial charge >= 0.3 is 6.09 Å². The number of ether oxygens (including phenoxy) is 2. The van der Waals surface area contributed by atoms with Gasteiger partial charge in [-0.15, -0.1) is 11.3 Å². The maximum Gasteiger partial charge on any atom is 0.408 e. The summed E-state index contributed by atoms with van der Waals surface area (Å²) in [5.74, 6) is -2.37. The molecular formula is C47H59N7O8S2. The minimum absolute atomic E-state index is 0.0286. The number of para-hydroxylation sites is 1. The third-order valence-electron chi connectivity index (χ3n) is 12.7. The molecule has 342 valence electrons. The van der Waals surface area contributed by atoms with Crippen LogP contribution in [-0.4, -0.2) is 92.3 Å². The van der Waals surface area contributed by atoms with Gasteiger partial charge in [0.05, 0.1) is 22.5 Å². The first-order valence-corrected chi connectivity index (χ1v) is 24.7. The van der Waals surface area contributed by atoms with Crippen molar-refractivity contribution in [3.05, 3.63) is 65.6 Å². The van der Waals surface area contributed by atoms with E-state index in [1.807, 2.05) is 79.3 Å². The first-order valence-electron chi connectivity index (χ1n) is 22.3. The number of amides is 4. The molecule has 2 aromatic carbocycles. The molecule has 3 fully saturated rings. The molecule has 0 bridgehead atoms. The van der Waals surface area contributed by atoms with Crippen LogP contribution in [0.15, 0.2) is 60.0 Å². The highest BCUT2D eigenvalue weighted by molar-refractivity contribution is 7.91. The van der Waals surface area contributed by atoms with Crippen molar-refractivity contribution < 1.29 is 37.1 Å². The number of fused-ring (bicyclic) bond motifs is 3. The predicted octanol–water partition coefficient (Wildman–Crippen LogP) is 7.35. The van der Waals surface area contributed by atoms with E-state index in [1.54, 1.807) is 27.7 Å². The monoisotopic (exact) mass is 913 g/mol. The molecule has 2 aromatic heterocycles. The lowest BCUT2D eigenvalue weighted by atomic mass is 10.0. The fourth-order valence-corrected chi connectivity index (χ4v) is 10.9. The minimum atomic E-state index is -4.01. The number of nitrogens with one attached hydrogen (secondary N) is 3. The van der Waals surface area contributed by atoms with Crippen LogP contribution >= 0.6 is 11.3 Å². The number of nitrogens with zero attached hydrogens (tertiary/aromatic N) is 4. The molecule has 1 saturated heterocycles. The van der Waals surface area contributed by atoms with E-state index in [-0.39, 0.29) is 25.4 Å². The Labute approximate surface area is 378 Å². The Morgan fingerprint density at radius 1 is 1.05 bits per heavy atom. The number of alkyl carbamates (subject to hydrolysis) is 1. The third-order valence-corrected chi connectivity index (χ3v) is 15.7. The Kier molecular flexibility index (Phi) is 12.2. The van der Waals surface area contributed by atoms with Crippen molar-refractivity contribution in [2.24, 2.45) is 5.92 Å². The van der Waals surface area contributed by atoms with Crippen molar-refractivity contribution >= 4 is 56.2 Å². The number of carbonyl (C=O) groups excluding carboxylic acids is 4. The second-order valence-electron chi connectivity index (χ2n) is 19.3. The van der Waals surface area contributed by atoms with Gasteiger partial charge in [-0.1, -0.05) is 54.8 Å². The summed E-state index contributed by atoms with van der Waals surface area (Å²) >= 11 is 1.53. The van der Waals surface area contributed by atoms with Gasteiger partial charge in [0, 0.05) is 34.9 Å². The predicted molar refractivity (Wildman–Crippen MR) is 245 cm³/mol. The van der Waals surface area contributed by atoms with E-state index in [2.05, 4.69) is 21.4 Å². The zero-order chi connectivity index (χ0) is 45.8. The Morgan fingerprint density at radius 2 is 1.81 bits per heavy atom. The van der Waals surface area contributed by atoms with Crippen LogP contribution in [-0.2, 0) is 29.1 Å². The van der Waals surface area contributed by atoms with Crippen LogP contribution in [0.3, 0.4) is 0 Å². The number of aromatic nitrogens is 3. The summed E-state index contributed by atoms with van der Waals surface area (Å²) in [5, 5.41) is 8.55. The van der Waals surface area contributed by atoms with Crippen molar-refractivity contribution in [2.45, 2.75) is 146 Å². The molecule has 4 amide bonds. The van der Waals surface area contributed by atoms with Gasteiger partial charge < -0.3 is 25.0 Å². The van der Waals surface area contributed by atoms with E-state index < -0.39 is 73.8 Å². The zero-order valence-electron chi connectivity index (χ0n) is 37.6. The number of hydrogen-bond acceptors (Lipinski definition) is 11. The number of imidazole rings is 1. The van der Waals surface area contributed by atoms with E-state index in [4.69, 9.17) is 19.4 Å². The summed E-state index contributed by atoms with van der Waals surface area (Å²) in [5.41, 5.74) is 3.03. The number of thiazole rings is 1. The molecule has 17 heteroatoms. The van der Waals surface area contributed by atoms with E-state index in [0.29, 0.717) is 43.6 Å². The van der Waals surface area contributed by atoms with Crippen LogP contribution in [0.1, 0.15) is 111 Å². The average molecular weight is 914 g/mol. The maximum atomic E-state index is 14.8. The molecule has 0 spiro atoms. The van der Waals surface area contributed by atoms with Crippen molar-refractivity contribution in [3.8, 4) is 27.8 Å². The summed E-state index contributed by atoms with van der Waals surface area (Å²) in [6, 6.07) is 12.2. The Bertz CT molecular complexity index is 2610. The van der Waals surface area contributed by atoms with E-state index in [9.17, 15) is 27.6 Å². The molecule has 0 radical (unpaired) electrons. The van der Waals surface area contributed by atoms with Crippen LogP contribution in [0.4, 0.5) is 4.79 Å².